The van der Waals surface area contributed by atoms with E-state index in [9.17, 15) is 4.79 Å². The second kappa shape index (κ2) is 5.92. The first-order chi connectivity index (χ1) is 9.02. The number of hydrogen-bond acceptors (Lipinski definition) is 4. The van der Waals surface area contributed by atoms with Crippen LogP contribution in [0.2, 0.25) is 5.15 Å². The van der Waals surface area contributed by atoms with Gasteiger partial charge in [-0.2, -0.15) is 5.10 Å². The normalized spacial score (nSPS) is 17.7. The summed E-state index contributed by atoms with van der Waals surface area (Å²) in [6, 6.07) is 0. The number of carbonyl (C=O) groups excluding carboxylic acids is 1. The van der Waals surface area contributed by atoms with Crippen LogP contribution in [0.3, 0.4) is 0 Å². The molecular formula is C13H20ClN3O2. The van der Waals surface area contributed by atoms with E-state index >= 15 is 0 Å². The van der Waals surface area contributed by atoms with Crippen LogP contribution in [0.4, 0.5) is 0 Å². The Balaban J connectivity index is 1.94. The molecule has 2 rings (SSSR count). The van der Waals surface area contributed by atoms with Gasteiger partial charge in [-0.1, -0.05) is 11.6 Å². The Morgan fingerprint density at radius 2 is 2.11 bits per heavy atom. The van der Waals surface area contributed by atoms with E-state index in [0.29, 0.717) is 5.15 Å². The molecule has 19 heavy (non-hydrogen) atoms. The quantitative estimate of drug-likeness (QED) is 0.794. The maximum absolute atomic E-state index is 11.5. The Morgan fingerprint density at radius 3 is 2.58 bits per heavy atom. The van der Waals surface area contributed by atoms with Crippen molar-refractivity contribution in [3.63, 3.8) is 0 Å². The van der Waals surface area contributed by atoms with Crippen LogP contribution in [0.25, 0.3) is 0 Å². The number of halogens is 1. The van der Waals surface area contributed by atoms with E-state index in [4.69, 9.17) is 16.3 Å². The van der Waals surface area contributed by atoms with Crippen LogP contribution in [-0.2, 0) is 23.1 Å². The number of esters is 1. The van der Waals surface area contributed by atoms with Crippen molar-refractivity contribution >= 4 is 17.6 Å². The molecule has 0 N–H and O–H groups in total. The fourth-order valence-electron chi connectivity index (χ4n) is 2.57. The molecule has 106 valence electrons. The van der Waals surface area contributed by atoms with Gasteiger partial charge in [0.1, 0.15) is 5.15 Å². The van der Waals surface area contributed by atoms with Crippen molar-refractivity contribution in [2.45, 2.75) is 26.3 Å². The van der Waals surface area contributed by atoms with Crippen molar-refractivity contribution in [2.75, 3.05) is 20.2 Å². The number of piperidine rings is 1. The molecule has 0 unspecified atom stereocenters. The lowest BCUT2D eigenvalue weighted by Gasteiger charge is -2.30. The standard InChI is InChI=1S/C13H20ClN3O2/c1-9-11(12(14)16(2)15-9)8-17-6-4-10(5-7-17)13(18)19-3/h10H,4-8H2,1-3H3. The highest BCUT2D eigenvalue weighted by Gasteiger charge is 2.26. The molecule has 1 saturated heterocycles. The predicted octanol–water partition coefficient (Wildman–Crippen LogP) is 1.77. The number of carbonyl (C=O) groups is 1. The third-order valence-corrected chi connectivity index (χ3v) is 4.25. The van der Waals surface area contributed by atoms with E-state index in [2.05, 4.69) is 10.00 Å². The molecule has 5 nitrogen and oxygen atoms in total. The molecule has 0 aliphatic carbocycles. The van der Waals surface area contributed by atoms with Gasteiger partial charge in [-0.15, -0.1) is 0 Å². The van der Waals surface area contributed by atoms with Crippen LogP contribution in [0, 0.1) is 12.8 Å². The molecule has 2 heterocycles. The van der Waals surface area contributed by atoms with E-state index < -0.39 is 0 Å². The summed E-state index contributed by atoms with van der Waals surface area (Å²) >= 11 is 6.23. The fraction of sp³-hybridized carbons (Fsp3) is 0.692. The van der Waals surface area contributed by atoms with E-state index in [1.165, 1.54) is 7.11 Å². The van der Waals surface area contributed by atoms with E-state index in [-0.39, 0.29) is 11.9 Å². The fourth-order valence-corrected chi connectivity index (χ4v) is 2.80. The largest absolute Gasteiger partial charge is 0.469 e. The topological polar surface area (TPSA) is 47.4 Å². The molecule has 0 saturated carbocycles. The molecular weight excluding hydrogens is 266 g/mol. The zero-order chi connectivity index (χ0) is 14.0. The smallest absolute Gasteiger partial charge is 0.308 e. The highest BCUT2D eigenvalue weighted by molar-refractivity contribution is 6.30. The summed E-state index contributed by atoms with van der Waals surface area (Å²) in [5, 5.41) is 5.02. The van der Waals surface area contributed by atoms with Gasteiger partial charge in [-0.25, -0.2) is 0 Å². The highest BCUT2D eigenvalue weighted by Crippen LogP contribution is 2.24. The number of likely N-dealkylation sites (tertiary alicyclic amines) is 1. The minimum atomic E-state index is -0.0877. The molecule has 1 aromatic heterocycles. The molecule has 1 aromatic rings. The number of methoxy groups -OCH3 is 1. The monoisotopic (exact) mass is 285 g/mol. The molecule has 1 aliphatic heterocycles. The number of hydrogen-bond donors (Lipinski definition) is 0. The van der Waals surface area contributed by atoms with Crippen molar-refractivity contribution in [1.82, 2.24) is 14.7 Å². The van der Waals surface area contributed by atoms with Crippen LogP contribution >= 0.6 is 11.6 Å². The maximum atomic E-state index is 11.5. The number of aromatic nitrogens is 2. The Kier molecular flexibility index (Phi) is 4.47. The Bertz CT molecular complexity index is 465. The first-order valence-electron chi connectivity index (χ1n) is 6.51. The van der Waals surface area contributed by atoms with Gasteiger partial charge in [0.25, 0.3) is 0 Å². The lowest BCUT2D eigenvalue weighted by Crippen LogP contribution is -2.36. The van der Waals surface area contributed by atoms with Crippen molar-refractivity contribution in [1.29, 1.82) is 0 Å². The van der Waals surface area contributed by atoms with Crippen LogP contribution in [0.1, 0.15) is 24.1 Å². The summed E-state index contributed by atoms with van der Waals surface area (Å²) in [5.74, 6) is -0.0399. The summed E-state index contributed by atoms with van der Waals surface area (Å²) in [6.45, 7) is 4.56. The van der Waals surface area contributed by atoms with Crippen molar-refractivity contribution in [2.24, 2.45) is 13.0 Å². The molecule has 0 radical (unpaired) electrons. The summed E-state index contributed by atoms with van der Waals surface area (Å²) in [7, 11) is 3.30. The third-order valence-electron chi connectivity index (χ3n) is 3.77. The minimum absolute atomic E-state index is 0.0479. The predicted molar refractivity (Wildman–Crippen MR) is 73.0 cm³/mol. The second-order valence-electron chi connectivity index (χ2n) is 5.05. The van der Waals surface area contributed by atoms with Crippen molar-refractivity contribution in [3.05, 3.63) is 16.4 Å². The molecule has 0 spiro atoms. The first kappa shape index (κ1) is 14.3. The summed E-state index contributed by atoms with van der Waals surface area (Å²) in [6.07, 6.45) is 1.70. The van der Waals surface area contributed by atoms with Crippen molar-refractivity contribution < 1.29 is 9.53 Å². The molecule has 0 atom stereocenters. The highest BCUT2D eigenvalue weighted by atomic mass is 35.5. The van der Waals surface area contributed by atoms with E-state index in [1.807, 2.05) is 14.0 Å². The SMILES string of the molecule is COC(=O)C1CCN(Cc2c(C)nn(C)c2Cl)CC1. The maximum Gasteiger partial charge on any atom is 0.308 e. The molecule has 0 aromatic carbocycles. The van der Waals surface area contributed by atoms with Crippen molar-refractivity contribution in [3.8, 4) is 0 Å². The molecule has 1 fully saturated rings. The lowest BCUT2D eigenvalue weighted by atomic mass is 9.97. The van der Waals surface area contributed by atoms with Gasteiger partial charge in [0, 0.05) is 19.2 Å². The molecule has 0 amide bonds. The van der Waals surface area contributed by atoms with Crippen LogP contribution in [0.15, 0.2) is 0 Å². The van der Waals surface area contributed by atoms with E-state index in [1.54, 1.807) is 4.68 Å². The van der Waals surface area contributed by atoms with Gasteiger partial charge >= 0.3 is 5.97 Å². The second-order valence-corrected chi connectivity index (χ2v) is 5.41. The van der Waals surface area contributed by atoms with Gasteiger partial charge in [0.2, 0.25) is 0 Å². The average Bonchev–Trinajstić information content (AvgIpc) is 2.65. The number of nitrogens with zero attached hydrogens (tertiary/aromatic N) is 3. The van der Waals surface area contributed by atoms with Gasteiger partial charge in [-0.3, -0.25) is 14.4 Å². The van der Waals surface area contributed by atoms with Gasteiger partial charge in [0.15, 0.2) is 0 Å². The lowest BCUT2D eigenvalue weighted by molar-refractivity contribution is -0.147. The Hall–Kier alpha value is -1.07. The number of aryl methyl sites for hydroxylation is 2. The third kappa shape index (κ3) is 3.09. The minimum Gasteiger partial charge on any atom is -0.469 e. The zero-order valence-corrected chi connectivity index (χ0v) is 12.4. The van der Waals surface area contributed by atoms with Crippen LogP contribution in [0.5, 0.6) is 0 Å². The molecule has 6 heteroatoms. The Labute approximate surface area is 118 Å². The first-order valence-corrected chi connectivity index (χ1v) is 6.89. The van der Waals surface area contributed by atoms with Crippen LogP contribution < -0.4 is 0 Å². The average molecular weight is 286 g/mol. The molecule has 0 bridgehead atoms. The molecule has 1 aliphatic rings. The van der Waals surface area contributed by atoms with Gasteiger partial charge < -0.3 is 4.74 Å². The number of rotatable bonds is 3. The summed E-state index contributed by atoms with van der Waals surface area (Å²) < 4.78 is 6.49. The summed E-state index contributed by atoms with van der Waals surface area (Å²) in [5.41, 5.74) is 2.06. The van der Waals surface area contributed by atoms with Gasteiger partial charge in [-0.05, 0) is 32.9 Å². The number of ether oxygens (including phenoxy) is 1. The van der Waals surface area contributed by atoms with E-state index in [0.717, 1.165) is 43.7 Å². The summed E-state index contributed by atoms with van der Waals surface area (Å²) in [4.78, 5) is 13.8. The Morgan fingerprint density at radius 1 is 1.47 bits per heavy atom. The van der Waals surface area contributed by atoms with Gasteiger partial charge in [0.05, 0.1) is 18.7 Å². The van der Waals surface area contributed by atoms with Crippen LogP contribution in [-0.4, -0.2) is 40.8 Å². The zero-order valence-electron chi connectivity index (χ0n) is 11.6.